The molecule has 1 spiro atoms. The fourth-order valence-corrected chi connectivity index (χ4v) is 5.56. The number of thioether (sulfide) groups is 1. The van der Waals surface area contributed by atoms with Gasteiger partial charge in [-0.1, -0.05) is 30.3 Å². The second-order valence-corrected chi connectivity index (χ2v) is 8.78. The van der Waals surface area contributed by atoms with Crippen LogP contribution in [-0.2, 0) is 20.8 Å². The molecule has 152 valence electrons. The van der Waals surface area contributed by atoms with Crippen LogP contribution < -0.4 is 5.32 Å². The number of carboxylic acid groups (broad SMARTS) is 2. The summed E-state index contributed by atoms with van der Waals surface area (Å²) < 4.78 is 0. The first-order chi connectivity index (χ1) is 13.4. The molecule has 2 aliphatic rings. The van der Waals surface area contributed by atoms with Crippen molar-refractivity contribution in [3.63, 3.8) is 0 Å². The van der Waals surface area contributed by atoms with Gasteiger partial charge in [-0.3, -0.25) is 14.9 Å². The van der Waals surface area contributed by atoms with Crippen molar-refractivity contribution < 1.29 is 24.6 Å². The van der Waals surface area contributed by atoms with E-state index in [1.165, 1.54) is 4.90 Å². The van der Waals surface area contributed by atoms with Crippen molar-refractivity contribution in [1.82, 2.24) is 10.2 Å². The average molecular weight is 407 g/mol. The van der Waals surface area contributed by atoms with E-state index in [0.29, 0.717) is 25.8 Å². The van der Waals surface area contributed by atoms with Gasteiger partial charge < -0.3 is 15.1 Å². The average Bonchev–Trinajstić information content (AvgIpc) is 3.29. The molecular formula is C20H26N2O5S. The number of carbonyl (C=O) groups is 3. The summed E-state index contributed by atoms with van der Waals surface area (Å²) in [5.74, 6) is -0.465. The number of benzene rings is 1. The zero-order chi connectivity index (χ0) is 20.1. The lowest BCUT2D eigenvalue weighted by Gasteiger charge is -2.24. The van der Waals surface area contributed by atoms with E-state index in [4.69, 9.17) is 0 Å². The Balaban J connectivity index is 1.57. The fraction of sp³-hybridized carbons (Fsp3) is 0.550. The summed E-state index contributed by atoms with van der Waals surface area (Å²) in [4.78, 5) is 37.3. The molecule has 8 heteroatoms. The Kier molecular flexibility index (Phi) is 6.61. The molecule has 2 heterocycles. The predicted molar refractivity (Wildman–Crippen MR) is 106 cm³/mol. The Morgan fingerprint density at radius 1 is 1.25 bits per heavy atom. The van der Waals surface area contributed by atoms with Crippen LogP contribution in [-0.4, -0.2) is 69.6 Å². The van der Waals surface area contributed by atoms with E-state index in [1.54, 1.807) is 11.8 Å². The molecule has 0 saturated carbocycles. The maximum atomic E-state index is 12.7. The summed E-state index contributed by atoms with van der Waals surface area (Å²) in [6.45, 7) is 0.276. The first kappa shape index (κ1) is 20.7. The van der Waals surface area contributed by atoms with Crippen LogP contribution in [0.4, 0.5) is 0 Å². The molecule has 0 radical (unpaired) electrons. The van der Waals surface area contributed by atoms with E-state index in [0.717, 1.165) is 23.5 Å². The Labute approximate surface area is 168 Å². The summed E-state index contributed by atoms with van der Waals surface area (Å²) in [6.07, 6.45) is 2.35. The first-order valence-corrected chi connectivity index (χ1v) is 10.7. The highest BCUT2D eigenvalue weighted by atomic mass is 32.2. The van der Waals surface area contributed by atoms with Gasteiger partial charge in [-0.05, 0) is 37.0 Å². The Bertz CT molecular complexity index is 721. The smallest absolute Gasteiger partial charge is 0.326 e. The van der Waals surface area contributed by atoms with Crippen LogP contribution in [0.15, 0.2) is 30.3 Å². The van der Waals surface area contributed by atoms with Crippen molar-refractivity contribution in [2.45, 2.75) is 37.8 Å². The van der Waals surface area contributed by atoms with Gasteiger partial charge in [-0.25, -0.2) is 4.79 Å². The lowest BCUT2D eigenvalue weighted by molar-refractivity contribution is -0.148. The number of hydrogen-bond acceptors (Lipinski definition) is 5. The van der Waals surface area contributed by atoms with Crippen molar-refractivity contribution in [2.24, 2.45) is 5.41 Å². The molecule has 3 rings (SSSR count). The molecule has 3 N–H and O–H groups in total. The number of aliphatic carboxylic acids is 2. The van der Waals surface area contributed by atoms with E-state index < -0.39 is 24.0 Å². The zero-order valence-electron chi connectivity index (χ0n) is 15.7. The Morgan fingerprint density at radius 3 is 2.61 bits per heavy atom. The minimum atomic E-state index is -1.01. The Hall–Kier alpha value is -2.06. The molecule has 1 aromatic carbocycles. The quantitative estimate of drug-likeness (QED) is 0.600. The molecule has 0 aromatic heterocycles. The van der Waals surface area contributed by atoms with Gasteiger partial charge in [0.15, 0.2) is 0 Å². The van der Waals surface area contributed by atoms with Gasteiger partial charge in [0.1, 0.15) is 12.1 Å². The molecule has 1 amide bonds. The number of carboxylic acids is 2. The van der Waals surface area contributed by atoms with Crippen molar-refractivity contribution in [3.05, 3.63) is 35.9 Å². The number of rotatable bonds is 8. The molecule has 2 fully saturated rings. The van der Waals surface area contributed by atoms with Crippen LogP contribution >= 0.6 is 11.8 Å². The molecular weight excluding hydrogens is 380 g/mol. The zero-order valence-corrected chi connectivity index (χ0v) is 16.5. The van der Waals surface area contributed by atoms with E-state index in [2.05, 4.69) is 5.32 Å². The van der Waals surface area contributed by atoms with Crippen LogP contribution in [0.3, 0.4) is 0 Å². The Morgan fingerprint density at radius 2 is 2.00 bits per heavy atom. The van der Waals surface area contributed by atoms with Crippen LogP contribution in [0.2, 0.25) is 0 Å². The van der Waals surface area contributed by atoms with Crippen LogP contribution in [0, 0.1) is 5.41 Å². The number of hydrogen-bond donors (Lipinski definition) is 3. The summed E-state index contributed by atoms with van der Waals surface area (Å²) in [5, 5.41) is 21.8. The van der Waals surface area contributed by atoms with Gasteiger partial charge in [0, 0.05) is 17.7 Å². The molecule has 3 atom stereocenters. The molecule has 1 aromatic rings. The largest absolute Gasteiger partial charge is 0.480 e. The molecule has 2 saturated heterocycles. The number of nitrogens with one attached hydrogen (secondary N) is 1. The maximum Gasteiger partial charge on any atom is 0.326 e. The SMILES string of the molecule is O=C(O)C(CCc1ccccc1)NCC(=O)N1CC2(CCSC2)C[C@H]1C(=O)O. The van der Waals surface area contributed by atoms with E-state index in [1.807, 2.05) is 30.3 Å². The van der Waals surface area contributed by atoms with E-state index >= 15 is 0 Å². The van der Waals surface area contributed by atoms with Gasteiger partial charge in [0.25, 0.3) is 0 Å². The summed E-state index contributed by atoms with van der Waals surface area (Å²) >= 11 is 1.80. The standard InChI is InChI=1S/C20H26N2O5S/c23-17(22-12-20(8-9-28-13-20)10-16(22)19(26)27)11-21-15(18(24)25)7-6-14-4-2-1-3-5-14/h1-5,15-16,21H,6-13H2,(H,24,25)(H,26,27)/t15?,16-,20?/m0/s1. The number of carbonyl (C=O) groups excluding carboxylic acids is 1. The van der Waals surface area contributed by atoms with Gasteiger partial charge in [0.2, 0.25) is 5.91 Å². The second-order valence-electron chi connectivity index (χ2n) is 7.68. The molecule has 28 heavy (non-hydrogen) atoms. The molecule has 0 bridgehead atoms. The van der Waals surface area contributed by atoms with Crippen LogP contribution in [0.1, 0.15) is 24.8 Å². The summed E-state index contributed by atoms with van der Waals surface area (Å²) in [6, 6.07) is 7.90. The van der Waals surface area contributed by atoms with Crippen molar-refractivity contribution in [1.29, 1.82) is 0 Å². The van der Waals surface area contributed by atoms with E-state index in [-0.39, 0.29) is 17.9 Å². The number of amides is 1. The van der Waals surface area contributed by atoms with Gasteiger partial charge in [-0.15, -0.1) is 0 Å². The lowest BCUT2D eigenvalue weighted by Crippen LogP contribution is -2.48. The fourth-order valence-electron chi connectivity index (χ4n) is 4.05. The van der Waals surface area contributed by atoms with Gasteiger partial charge in [0.05, 0.1) is 6.54 Å². The molecule has 2 aliphatic heterocycles. The third kappa shape index (κ3) is 4.86. The topological polar surface area (TPSA) is 107 Å². The third-order valence-corrected chi connectivity index (χ3v) is 6.97. The third-order valence-electron chi connectivity index (χ3n) is 5.66. The highest BCUT2D eigenvalue weighted by Gasteiger charge is 2.50. The number of nitrogens with zero attached hydrogens (tertiary/aromatic N) is 1. The molecule has 7 nitrogen and oxygen atoms in total. The highest BCUT2D eigenvalue weighted by molar-refractivity contribution is 7.99. The predicted octanol–water partition coefficient (Wildman–Crippen LogP) is 1.47. The number of likely N-dealkylation sites (tertiary alicyclic amines) is 1. The van der Waals surface area contributed by atoms with Crippen molar-refractivity contribution >= 4 is 29.6 Å². The second kappa shape index (κ2) is 8.96. The first-order valence-electron chi connectivity index (χ1n) is 9.50. The van der Waals surface area contributed by atoms with Gasteiger partial charge >= 0.3 is 11.9 Å². The summed E-state index contributed by atoms with van der Waals surface area (Å²) in [7, 11) is 0. The van der Waals surface area contributed by atoms with Crippen molar-refractivity contribution in [3.8, 4) is 0 Å². The number of aryl methyl sites for hydroxylation is 1. The maximum absolute atomic E-state index is 12.7. The van der Waals surface area contributed by atoms with Crippen LogP contribution in [0.5, 0.6) is 0 Å². The molecule has 2 unspecified atom stereocenters. The van der Waals surface area contributed by atoms with Gasteiger partial charge in [-0.2, -0.15) is 11.8 Å². The highest BCUT2D eigenvalue weighted by Crippen LogP contribution is 2.45. The van der Waals surface area contributed by atoms with E-state index in [9.17, 15) is 24.6 Å². The monoisotopic (exact) mass is 406 g/mol. The lowest BCUT2D eigenvalue weighted by atomic mass is 9.85. The normalized spacial score (nSPS) is 25.1. The van der Waals surface area contributed by atoms with Crippen molar-refractivity contribution in [2.75, 3.05) is 24.6 Å². The minimum absolute atomic E-state index is 0.108. The minimum Gasteiger partial charge on any atom is -0.480 e. The van der Waals surface area contributed by atoms with Crippen LogP contribution in [0.25, 0.3) is 0 Å². The molecule has 0 aliphatic carbocycles. The summed E-state index contributed by atoms with van der Waals surface area (Å²) in [5.41, 5.74) is 0.927.